The van der Waals surface area contributed by atoms with Gasteiger partial charge in [-0.05, 0) is 94.9 Å². The summed E-state index contributed by atoms with van der Waals surface area (Å²) in [5.41, 5.74) is 8.87. The van der Waals surface area contributed by atoms with E-state index in [9.17, 15) is 0 Å². The van der Waals surface area contributed by atoms with Crippen molar-refractivity contribution in [1.29, 1.82) is 0 Å². The zero-order chi connectivity index (χ0) is 25.8. The molecule has 7 aromatic rings. The first kappa shape index (κ1) is 22.4. The minimum atomic E-state index is 0.924. The van der Waals surface area contributed by atoms with E-state index >= 15 is 0 Å². The highest BCUT2D eigenvalue weighted by atomic mass is 32.1. The second-order valence-corrected chi connectivity index (χ2v) is 11.2. The second-order valence-electron chi connectivity index (χ2n) is 10.2. The van der Waals surface area contributed by atoms with Crippen molar-refractivity contribution in [2.75, 3.05) is 5.32 Å². The quantitative estimate of drug-likeness (QED) is 0.251. The van der Waals surface area contributed by atoms with Crippen LogP contribution in [0.15, 0.2) is 114 Å². The highest BCUT2D eigenvalue weighted by Gasteiger charge is 2.09. The maximum atomic E-state index is 5.99. The number of nitrogens with one attached hydrogen (secondary N) is 1. The van der Waals surface area contributed by atoms with Gasteiger partial charge in [0.2, 0.25) is 0 Å². The monoisotopic (exact) mass is 519 g/mol. The van der Waals surface area contributed by atoms with Gasteiger partial charge in [0.05, 0.1) is 0 Å². The van der Waals surface area contributed by atoms with Gasteiger partial charge in [-0.25, -0.2) is 0 Å². The van der Waals surface area contributed by atoms with Gasteiger partial charge in [0.25, 0.3) is 0 Å². The van der Waals surface area contributed by atoms with E-state index in [0.29, 0.717) is 0 Å². The fraction of sp³-hybridized carbons (Fsp3) is 0.0556. The van der Waals surface area contributed by atoms with Gasteiger partial charge in [-0.3, -0.25) is 0 Å². The number of para-hydroxylation sites is 1. The molecule has 2 nitrogen and oxygen atoms in total. The largest absolute Gasteiger partial charge is 0.456 e. The molecule has 3 heteroatoms. The van der Waals surface area contributed by atoms with Gasteiger partial charge < -0.3 is 9.73 Å². The van der Waals surface area contributed by atoms with Crippen LogP contribution in [0.2, 0.25) is 0 Å². The number of thiophene rings is 1. The Balaban J connectivity index is 1.03. The molecule has 1 N–H and O–H groups in total. The van der Waals surface area contributed by atoms with Crippen LogP contribution >= 0.6 is 11.3 Å². The molecule has 2 aromatic heterocycles. The van der Waals surface area contributed by atoms with Crippen molar-refractivity contribution in [3.63, 3.8) is 0 Å². The first-order valence-corrected chi connectivity index (χ1v) is 14.2. The zero-order valence-corrected chi connectivity index (χ0v) is 22.1. The van der Waals surface area contributed by atoms with Crippen LogP contribution in [0.5, 0.6) is 0 Å². The Morgan fingerprint density at radius 3 is 1.92 bits per heavy atom. The molecule has 0 atom stereocenters. The van der Waals surface area contributed by atoms with Crippen LogP contribution in [-0.2, 0) is 0 Å². The molecule has 0 saturated heterocycles. The van der Waals surface area contributed by atoms with Crippen LogP contribution in [-0.4, -0.2) is 0 Å². The van der Waals surface area contributed by atoms with Crippen LogP contribution in [0.25, 0.3) is 66.4 Å². The summed E-state index contributed by atoms with van der Waals surface area (Å²) in [6, 6.07) is 38.9. The molecule has 5 aromatic carbocycles. The third-order valence-electron chi connectivity index (χ3n) is 7.70. The van der Waals surface area contributed by atoms with Gasteiger partial charge in [0, 0.05) is 36.8 Å². The summed E-state index contributed by atoms with van der Waals surface area (Å²) in [5, 5.41) is 8.66. The molecule has 8 rings (SSSR count). The highest BCUT2D eigenvalue weighted by Crippen LogP contribution is 2.33. The van der Waals surface area contributed by atoms with Gasteiger partial charge in [-0.15, -0.1) is 11.3 Å². The number of hydrogen-bond acceptors (Lipinski definition) is 3. The van der Waals surface area contributed by atoms with Crippen LogP contribution in [0.1, 0.15) is 12.8 Å². The molecule has 0 unspecified atom stereocenters. The summed E-state index contributed by atoms with van der Waals surface area (Å²) in [6.07, 6.45) is 7.07. The lowest BCUT2D eigenvalue weighted by atomic mass is 10.0. The van der Waals surface area contributed by atoms with Gasteiger partial charge in [-0.2, -0.15) is 0 Å². The molecular formula is C36H25NOS. The van der Waals surface area contributed by atoms with Crippen LogP contribution < -0.4 is 15.1 Å². The second kappa shape index (κ2) is 9.00. The van der Waals surface area contributed by atoms with E-state index < -0.39 is 0 Å². The van der Waals surface area contributed by atoms with Crippen molar-refractivity contribution in [1.82, 2.24) is 0 Å². The summed E-state index contributed by atoms with van der Waals surface area (Å²) in [7, 11) is 0. The summed E-state index contributed by atoms with van der Waals surface area (Å²) < 4.78 is 8.79. The Hall–Kier alpha value is -4.60. The van der Waals surface area contributed by atoms with E-state index in [1.807, 2.05) is 23.5 Å². The van der Waals surface area contributed by atoms with Crippen molar-refractivity contribution in [3.05, 3.63) is 119 Å². The average molecular weight is 520 g/mol. The highest BCUT2D eigenvalue weighted by molar-refractivity contribution is 7.17. The summed E-state index contributed by atoms with van der Waals surface area (Å²) >= 11 is 1.91. The number of anilines is 2. The molecule has 39 heavy (non-hydrogen) atoms. The normalized spacial score (nSPS) is 12.8. The number of benzene rings is 5. The van der Waals surface area contributed by atoms with E-state index in [4.69, 9.17) is 4.42 Å². The van der Waals surface area contributed by atoms with E-state index in [-0.39, 0.29) is 0 Å². The molecule has 186 valence electrons. The molecule has 0 aliphatic heterocycles. The zero-order valence-electron chi connectivity index (χ0n) is 21.3. The molecule has 1 aliphatic carbocycles. The first-order chi connectivity index (χ1) is 19.3. The third kappa shape index (κ3) is 3.94. The molecular weight excluding hydrogens is 494 g/mol. The van der Waals surface area contributed by atoms with Gasteiger partial charge in [-0.1, -0.05) is 66.7 Å². The lowest BCUT2D eigenvalue weighted by Crippen LogP contribution is -2.20. The first-order valence-electron chi connectivity index (χ1n) is 13.4. The Morgan fingerprint density at radius 1 is 0.538 bits per heavy atom. The van der Waals surface area contributed by atoms with Crippen LogP contribution in [0.3, 0.4) is 0 Å². The maximum absolute atomic E-state index is 5.99. The number of furan rings is 1. The smallest absolute Gasteiger partial charge is 0.135 e. The summed E-state index contributed by atoms with van der Waals surface area (Å²) in [5.74, 6) is 0. The van der Waals surface area contributed by atoms with Crippen LogP contribution in [0, 0.1) is 0 Å². The fourth-order valence-corrected chi connectivity index (χ4v) is 6.84. The molecule has 1 aliphatic rings. The molecule has 2 heterocycles. The Labute approximate surface area is 230 Å². The topological polar surface area (TPSA) is 25.2 Å². The van der Waals surface area contributed by atoms with E-state index in [2.05, 4.69) is 115 Å². The number of rotatable bonds is 4. The standard InChI is InChI=1S/C36H25NOS/c1-3-7-33-29(5-1)31-21-25(13-19-34(31)38-33)23-9-15-27(16-10-23)37-28-17-11-24(12-18-28)26-14-20-36-32(22-26)30-6-2-4-8-35(30)39-36/h1,3,5-22,37H,2,4H2. The van der Waals surface area contributed by atoms with Crippen molar-refractivity contribution in [2.24, 2.45) is 0 Å². The molecule has 0 saturated carbocycles. The SMILES string of the molecule is C1=c2sc3ccc(-c4ccc(Nc5ccc(-c6ccc7oc8ccccc8c7c6)cc5)cc4)cc3c2=CCC1. The summed E-state index contributed by atoms with van der Waals surface area (Å²) in [6.45, 7) is 0. The van der Waals surface area contributed by atoms with E-state index in [1.165, 1.54) is 42.1 Å². The van der Waals surface area contributed by atoms with E-state index in [1.54, 1.807) is 0 Å². The Kier molecular flexibility index (Phi) is 5.17. The van der Waals surface area contributed by atoms with Crippen molar-refractivity contribution in [3.8, 4) is 22.3 Å². The predicted octanol–water partition coefficient (Wildman–Crippen LogP) is 9.23. The maximum Gasteiger partial charge on any atom is 0.135 e. The van der Waals surface area contributed by atoms with Gasteiger partial charge >= 0.3 is 0 Å². The van der Waals surface area contributed by atoms with Gasteiger partial charge in [0.15, 0.2) is 0 Å². The van der Waals surface area contributed by atoms with Crippen molar-refractivity contribution < 1.29 is 4.42 Å². The Morgan fingerprint density at radius 2 is 1.15 bits per heavy atom. The van der Waals surface area contributed by atoms with Gasteiger partial charge in [0.1, 0.15) is 11.2 Å². The predicted molar refractivity (Wildman–Crippen MR) is 167 cm³/mol. The number of fused-ring (bicyclic) bond motifs is 6. The summed E-state index contributed by atoms with van der Waals surface area (Å²) in [4.78, 5) is 0. The number of hydrogen-bond donors (Lipinski definition) is 1. The molecule has 0 fully saturated rings. The third-order valence-corrected chi connectivity index (χ3v) is 8.88. The van der Waals surface area contributed by atoms with E-state index in [0.717, 1.165) is 46.2 Å². The lowest BCUT2D eigenvalue weighted by Gasteiger charge is -2.09. The molecule has 0 spiro atoms. The Bertz CT molecular complexity index is 2130. The van der Waals surface area contributed by atoms with Crippen LogP contribution in [0.4, 0.5) is 11.4 Å². The molecule has 0 amide bonds. The molecule has 0 bridgehead atoms. The minimum absolute atomic E-state index is 0.924. The lowest BCUT2D eigenvalue weighted by molar-refractivity contribution is 0.669. The van der Waals surface area contributed by atoms with Crippen molar-refractivity contribution in [2.45, 2.75) is 12.8 Å². The fourth-order valence-electron chi connectivity index (χ4n) is 5.68. The van der Waals surface area contributed by atoms with Crippen molar-refractivity contribution >= 4 is 66.9 Å². The average Bonchev–Trinajstić information content (AvgIpc) is 3.55. The minimum Gasteiger partial charge on any atom is -0.456 e. The molecule has 0 radical (unpaired) electrons.